The Hall–Kier alpha value is -3.99. The van der Waals surface area contributed by atoms with Crippen molar-refractivity contribution in [3.8, 4) is 11.5 Å². The summed E-state index contributed by atoms with van der Waals surface area (Å²) in [5, 5.41) is 20.0. The van der Waals surface area contributed by atoms with Crippen LogP contribution in [0, 0.1) is 0 Å². The van der Waals surface area contributed by atoms with Gasteiger partial charge in [0.25, 0.3) is 0 Å². The maximum Gasteiger partial charge on any atom is 0.198 e. The molecule has 136 valence electrons. The van der Waals surface area contributed by atoms with Gasteiger partial charge >= 0.3 is 0 Å². The molecule has 4 aromatic rings. The number of fused-ring (bicyclic) bond motifs is 3. The number of phenols is 2. The predicted molar refractivity (Wildman–Crippen MR) is 105 cm³/mol. The molecule has 0 saturated heterocycles. The monoisotopic (exact) mass is 369 g/mol. The highest BCUT2D eigenvalue weighted by Crippen LogP contribution is 2.32. The zero-order valence-electron chi connectivity index (χ0n) is 14.7. The summed E-state index contributed by atoms with van der Waals surface area (Å²) in [6.07, 6.45) is 1.67. The van der Waals surface area contributed by atoms with Crippen LogP contribution in [0.3, 0.4) is 0 Å². The summed E-state index contributed by atoms with van der Waals surface area (Å²) in [6, 6.07) is 20.3. The van der Waals surface area contributed by atoms with E-state index in [1.165, 1.54) is 6.07 Å². The Bertz CT molecular complexity index is 1220. The maximum atomic E-state index is 12.2. The summed E-state index contributed by atoms with van der Waals surface area (Å²) in [4.78, 5) is 28.3. The maximum absolute atomic E-state index is 12.2. The van der Waals surface area contributed by atoms with Crippen molar-refractivity contribution in [1.82, 2.24) is 4.98 Å². The number of carbonyl (C=O) groups excluding carboxylic acids is 2. The number of carbonyl (C=O) groups is 2. The van der Waals surface area contributed by atoms with Gasteiger partial charge < -0.3 is 10.2 Å². The molecule has 5 rings (SSSR count). The normalized spacial score (nSPS) is 12.0. The predicted octanol–water partition coefficient (Wildman–Crippen LogP) is 4.11. The lowest BCUT2D eigenvalue weighted by Gasteiger charge is -2.17. The molecule has 0 saturated carbocycles. The van der Waals surface area contributed by atoms with Gasteiger partial charge in [0, 0.05) is 28.3 Å². The van der Waals surface area contributed by atoms with Crippen molar-refractivity contribution < 1.29 is 19.8 Å². The fourth-order valence-electron chi connectivity index (χ4n) is 3.21. The molecule has 0 atom stereocenters. The second-order valence-corrected chi connectivity index (χ2v) is 6.26. The summed E-state index contributed by atoms with van der Waals surface area (Å²) in [7, 11) is 0. The smallest absolute Gasteiger partial charge is 0.198 e. The molecule has 1 aliphatic rings. The summed E-state index contributed by atoms with van der Waals surface area (Å²) in [6.45, 7) is 0. The molecule has 2 N–H and O–H groups in total. The number of aromatic hydroxyl groups is 2. The number of nitrogens with zero attached hydrogens (tertiary/aromatic N) is 1. The molecule has 0 aliphatic heterocycles. The average molecular weight is 369 g/mol. The number of benzene rings is 3. The summed E-state index contributed by atoms with van der Waals surface area (Å²) in [5.74, 6) is -0.419. The van der Waals surface area contributed by atoms with E-state index < -0.39 is 0 Å². The molecule has 0 radical (unpaired) electrons. The Morgan fingerprint density at radius 2 is 1.21 bits per heavy atom. The van der Waals surface area contributed by atoms with Crippen LogP contribution in [0.4, 0.5) is 0 Å². The Morgan fingerprint density at radius 1 is 0.607 bits per heavy atom. The van der Waals surface area contributed by atoms with E-state index in [9.17, 15) is 19.8 Å². The zero-order chi connectivity index (χ0) is 19.7. The molecular formula is C23H15NO4. The minimum absolute atomic E-state index is 0.108. The minimum Gasteiger partial charge on any atom is -0.507 e. The Balaban J connectivity index is 0.000000151. The fourth-order valence-corrected chi connectivity index (χ4v) is 3.21. The molecule has 1 aromatic heterocycles. The van der Waals surface area contributed by atoms with E-state index in [4.69, 9.17) is 0 Å². The van der Waals surface area contributed by atoms with Crippen molar-refractivity contribution in [2.45, 2.75) is 0 Å². The number of ketones is 2. The molecule has 5 heteroatoms. The van der Waals surface area contributed by atoms with Crippen LogP contribution >= 0.6 is 0 Å². The highest BCUT2D eigenvalue weighted by atomic mass is 16.3. The standard InChI is InChI=1S/C14H8O3.C9H7NO/c15-11-7-3-6-10-12(11)14(17)9-5-2-1-4-8(9)13(10)16;11-8-5-1-3-7-4-2-6-10-9(7)8/h1-7,15H;1-6,11H. The van der Waals surface area contributed by atoms with Crippen LogP contribution in [0.1, 0.15) is 31.8 Å². The van der Waals surface area contributed by atoms with E-state index in [2.05, 4.69) is 4.98 Å². The molecule has 0 amide bonds. The van der Waals surface area contributed by atoms with Gasteiger partial charge in [0.15, 0.2) is 11.6 Å². The second kappa shape index (κ2) is 6.96. The fraction of sp³-hybridized carbons (Fsp3) is 0. The first-order chi connectivity index (χ1) is 13.6. The molecule has 1 heterocycles. The van der Waals surface area contributed by atoms with Crippen molar-refractivity contribution in [1.29, 1.82) is 0 Å². The number of para-hydroxylation sites is 1. The van der Waals surface area contributed by atoms with E-state index in [-0.39, 0.29) is 34.2 Å². The van der Waals surface area contributed by atoms with Gasteiger partial charge in [-0.25, -0.2) is 0 Å². The van der Waals surface area contributed by atoms with Crippen LogP contribution in [0.2, 0.25) is 0 Å². The molecule has 0 bridgehead atoms. The summed E-state index contributed by atoms with van der Waals surface area (Å²) in [5.41, 5.74) is 1.79. The van der Waals surface area contributed by atoms with Crippen LogP contribution in [-0.4, -0.2) is 26.8 Å². The Kier molecular flexibility index (Phi) is 4.33. The topological polar surface area (TPSA) is 87.5 Å². The van der Waals surface area contributed by atoms with Crippen LogP contribution < -0.4 is 0 Å². The number of hydrogen-bond donors (Lipinski definition) is 2. The number of hydrogen-bond acceptors (Lipinski definition) is 5. The van der Waals surface area contributed by atoms with Gasteiger partial charge in [-0.3, -0.25) is 14.6 Å². The summed E-state index contributed by atoms with van der Waals surface area (Å²) < 4.78 is 0. The third-order valence-electron chi connectivity index (χ3n) is 4.54. The lowest BCUT2D eigenvalue weighted by Crippen LogP contribution is -2.20. The largest absolute Gasteiger partial charge is 0.507 e. The first-order valence-corrected chi connectivity index (χ1v) is 8.61. The van der Waals surface area contributed by atoms with Gasteiger partial charge in [-0.2, -0.15) is 0 Å². The van der Waals surface area contributed by atoms with E-state index >= 15 is 0 Å². The lowest BCUT2D eigenvalue weighted by molar-refractivity contribution is 0.0976. The molecule has 28 heavy (non-hydrogen) atoms. The van der Waals surface area contributed by atoms with Gasteiger partial charge in [0.05, 0.1) is 5.56 Å². The highest BCUT2D eigenvalue weighted by molar-refractivity contribution is 6.29. The number of rotatable bonds is 0. The van der Waals surface area contributed by atoms with Gasteiger partial charge in [-0.15, -0.1) is 0 Å². The molecular weight excluding hydrogens is 354 g/mol. The Morgan fingerprint density at radius 3 is 1.96 bits per heavy atom. The van der Waals surface area contributed by atoms with Crippen molar-refractivity contribution in [2.75, 3.05) is 0 Å². The first-order valence-electron chi connectivity index (χ1n) is 8.61. The third-order valence-corrected chi connectivity index (χ3v) is 4.54. The van der Waals surface area contributed by atoms with Crippen LogP contribution in [0.25, 0.3) is 10.9 Å². The van der Waals surface area contributed by atoms with Crippen LogP contribution in [0.5, 0.6) is 11.5 Å². The quantitative estimate of drug-likeness (QED) is 0.429. The van der Waals surface area contributed by atoms with E-state index in [0.29, 0.717) is 16.6 Å². The SMILES string of the molecule is O=C1c2ccccc2C(=O)c2c(O)cccc21.Oc1cccc2cccnc12. The van der Waals surface area contributed by atoms with E-state index in [1.54, 1.807) is 54.7 Å². The average Bonchev–Trinajstić information content (AvgIpc) is 2.73. The van der Waals surface area contributed by atoms with E-state index in [0.717, 1.165) is 5.39 Å². The first kappa shape index (κ1) is 17.4. The van der Waals surface area contributed by atoms with Gasteiger partial charge in [0.1, 0.15) is 17.0 Å². The van der Waals surface area contributed by atoms with Gasteiger partial charge in [-0.05, 0) is 18.2 Å². The third kappa shape index (κ3) is 2.89. The minimum atomic E-state index is -0.298. The lowest BCUT2D eigenvalue weighted by atomic mass is 9.84. The Labute approximate surface area is 160 Å². The molecule has 0 spiro atoms. The van der Waals surface area contributed by atoms with Crippen LogP contribution in [0.15, 0.2) is 79.0 Å². The van der Waals surface area contributed by atoms with E-state index in [1.807, 2.05) is 18.2 Å². The van der Waals surface area contributed by atoms with Crippen molar-refractivity contribution in [3.05, 3.63) is 101 Å². The zero-order valence-corrected chi connectivity index (χ0v) is 14.7. The number of phenolic OH excluding ortho intramolecular Hbond substituents is 2. The molecule has 0 unspecified atom stereocenters. The van der Waals surface area contributed by atoms with Gasteiger partial charge in [-0.1, -0.05) is 54.6 Å². The number of pyridine rings is 1. The van der Waals surface area contributed by atoms with Crippen molar-refractivity contribution >= 4 is 22.5 Å². The second-order valence-electron chi connectivity index (χ2n) is 6.26. The summed E-state index contributed by atoms with van der Waals surface area (Å²) >= 11 is 0. The van der Waals surface area contributed by atoms with Crippen LogP contribution in [-0.2, 0) is 0 Å². The van der Waals surface area contributed by atoms with Crippen molar-refractivity contribution in [3.63, 3.8) is 0 Å². The van der Waals surface area contributed by atoms with Gasteiger partial charge in [0.2, 0.25) is 0 Å². The van der Waals surface area contributed by atoms with Crippen molar-refractivity contribution in [2.24, 2.45) is 0 Å². The molecule has 3 aromatic carbocycles. The molecule has 5 nitrogen and oxygen atoms in total. The molecule has 1 aliphatic carbocycles. The number of aromatic nitrogens is 1. The highest BCUT2D eigenvalue weighted by Gasteiger charge is 2.31. The molecule has 0 fully saturated rings.